The molecule has 0 atom stereocenters. The largest absolute Gasteiger partial charge is 0.417 e. The number of hydrogen-bond acceptors (Lipinski definition) is 3. The summed E-state index contributed by atoms with van der Waals surface area (Å²) in [6.07, 6.45) is 0. The SMILES string of the molecule is O=c1[nH]c2cc(NCBr)ccc2o1. The van der Waals surface area contributed by atoms with E-state index in [9.17, 15) is 4.79 Å². The number of benzene rings is 1. The van der Waals surface area contributed by atoms with Crippen molar-refractivity contribution in [2.24, 2.45) is 0 Å². The van der Waals surface area contributed by atoms with Crippen LogP contribution in [0.15, 0.2) is 27.4 Å². The van der Waals surface area contributed by atoms with E-state index in [-0.39, 0.29) is 0 Å². The van der Waals surface area contributed by atoms with Crippen LogP contribution in [-0.2, 0) is 0 Å². The van der Waals surface area contributed by atoms with Gasteiger partial charge in [0.1, 0.15) is 0 Å². The molecule has 2 aromatic rings. The van der Waals surface area contributed by atoms with E-state index in [1.807, 2.05) is 12.1 Å². The van der Waals surface area contributed by atoms with Crippen LogP contribution in [0.2, 0.25) is 0 Å². The van der Waals surface area contributed by atoms with Crippen LogP contribution in [0.25, 0.3) is 11.1 Å². The lowest BCUT2D eigenvalue weighted by Crippen LogP contribution is -1.94. The highest BCUT2D eigenvalue weighted by Gasteiger charge is 2.00. The average molecular weight is 243 g/mol. The Labute approximate surface area is 82.1 Å². The van der Waals surface area contributed by atoms with E-state index >= 15 is 0 Å². The van der Waals surface area contributed by atoms with Gasteiger partial charge >= 0.3 is 5.76 Å². The lowest BCUT2D eigenvalue weighted by Gasteiger charge is -1.99. The minimum atomic E-state index is -0.425. The first-order valence-corrected chi connectivity index (χ1v) is 4.84. The van der Waals surface area contributed by atoms with Crippen molar-refractivity contribution in [2.45, 2.75) is 0 Å². The van der Waals surface area contributed by atoms with E-state index < -0.39 is 5.76 Å². The van der Waals surface area contributed by atoms with Crippen LogP contribution in [0.4, 0.5) is 5.69 Å². The predicted octanol–water partition coefficient (Wildman–Crippen LogP) is 1.89. The van der Waals surface area contributed by atoms with Crippen LogP contribution in [-0.4, -0.2) is 10.4 Å². The Kier molecular flexibility index (Phi) is 2.10. The summed E-state index contributed by atoms with van der Waals surface area (Å²) in [5.41, 5.74) is 2.88. The molecule has 0 aliphatic rings. The standard InChI is InChI=1S/C8H7BrN2O2/c9-4-10-5-1-2-7-6(3-5)11-8(12)13-7/h1-3,10H,4H2,(H,11,12). The number of alkyl halides is 1. The summed E-state index contributed by atoms with van der Waals surface area (Å²) < 4.78 is 4.85. The Hall–Kier alpha value is -1.23. The molecule has 4 nitrogen and oxygen atoms in total. The topological polar surface area (TPSA) is 58.0 Å². The molecule has 0 spiro atoms. The van der Waals surface area contributed by atoms with Gasteiger partial charge in [0.05, 0.1) is 11.0 Å². The van der Waals surface area contributed by atoms with Crippen LogP contribution in [0, 0.1) is 0 Å². The smallest absolute Gasteiger partial charge is 0.408 e. The van der Waals surface area contributed by atoms with Gasteiger partial charge in [0.2, 0.25) is 0 Å². The van der Waals surface area contributed by atoms with Crippen molar-refractivity contribution in [2.75, 3.05) is 10.8 Å². The van der Waals surface area contributed by atoms with Gasteiger partial charge in [-0.25, -0.2) is 4.79 Å². The van der Waals surface area contributed by atoms with Crippen LogP contribution < -0.4 is 11.1 Å². The molecule has 0 amide bonds. The molecule has 5 heteroatoms. The van der Waals surface area contributed by atoms with Crippen molar-refractivity contribution in [3.8, 4) is 0 Å². The lowest BCUT2D eigenvalue weighted by molar-refractivity contribution is 0.555. The molecule has 1 aromatic heterocycles. The number of fused-ring (bicyclic) bond motifs is 1. The van der Waals surface area contributed by atoms with Crippen LogP contribution in [0.5, 0.6) is 0 Å². The monoisotopic (exact) mass is 242 g/mol. The quantitative estimate of drug-likeness (QED) is 0.625. The van der Waals surface area contributed by atoms with E-state index in [0.717, 1.165) is 5.69 Å². The van der Waals surface area contributed by atoms with Crippen molar-refractivity contribution in [3.63, 3.8) is 0 Å². The van der Waals surface area contributed by atoms with Gasteiger partial charge in [0, 0.05) is 5.69 Å². The number of nitrogens with one attached hydrogen (secondary N) is 2. The molecule has 13 heavy (non-hydrogen) atoms. The van der Waals surface area contributed by atoms with Gasteiger partial charge in [-0.1, -0.05) is 15.9 Å². The Bertz CT molecular complexity index is 474. The third-order valence-electron chi connectivity index (χ3n) is 1.69. The van der Waals surface area contributed by atoms with Crippen LogP contribution >= 0.6 is 15.9 Å². The van der Waals surface area contributed by atoms with E-state index in [4.69, 9.17) is 4.42 Å². The third-order valence-corrected chi connectivity index (χ3v) is 1.97. The minimum Gasteiger partial charge on any atom is -0.408 e. The minimum absolute atomic E-state index is 0.425. The van der Waals surface area contributed by atoms with E-state index in [2.05, 4.69) is 26.2 Å². The maximum absolute atomic E-state index is 10.8. The normalized spacial score (nSPS) is 10.5. The molecule has 0 radical (unpaired) electrons. The van der Waals surface area contributed by atoms with Crippen LogP contribution in [0.1, 0.15) is 0 Å². The van der Waals surface area contributed by atoms with E-state index in [1.54, 1.807) is 6.07 Å². The predicted molar refractivity (Wildman–Crippen MR) is 54.3 cm³/mol. The first-order chi connectivity index (χ1) is 6.29. The average Bonchev–Trinajstić information content (AvgIpc) is 2.44. The molecule has 0 saturated carbocycles. The van der Waals surface area contributed by atoms with Gasteiger partial charge in [-0.15, -0.1) is 0 Å². The first-order valence-electron chi connectivity index (χ1n) is 3.72. The van der Waals surface area contributed by atoms with Crippen molar-refractivity contribution >= 4 is 32.7 Å². The Morgan fingerprint density at radius 3 is 3.15 bits per heavy atom. The Morgan fingerprint density at radius 1 is 1.54 bits per heavy atom. The van der Waals surface area contributed by atoms with Crippen molar-refractivity contribution < 1.29 is 4.42 Å². The molecule has 1 aromatic carbocycles. The van der Waals surface area contributed by atoms with Gasteiger partial charge in [0.25, 0.3) is 0 Å². The number of aromatic nitrogens is 1. The number of halogens is 1. The van der Waals surface area contributed by atoms with Gasteiger partial charge < -0.3 is 9.73 Å². The third kappa shape index (κ3) is 1.60. The maximum Gasteiger partial charge on any atom is 0.417 e. The molecule has 2 rings (SSSR count). The molecule has 0 saturated heterocycles. The second kappa shape index (κ2) is 3.26. The number of H-pyrrole nitrogens is 1. The van der Waals surface area contributed by atoms with Gasteiger partial charge in [0.15, 0.2) is 5.58 Å². The fourth-order valence-corrected chi connectivity index (χ4v) is 1.46. The molecule has 0 aliphatic carbocycles. The Morgan fingerprint density at radius 2 is 2.38 bits per heavy atom. The molecular weight excluding hydrogens is 236 g/mol. The summed E-state index contributed by atoms with van der Waals surface area (Å²) in [5, 5.41) is 3.06. The number of anilines is 1. The molecule has 2 N–H and O–H groups in total. The molecular formula is C8H7BrN2O2. The summed E-state index contributed by atoms with van der Waals surface area (Å²) in [7, 11) is 0. The number of oxazole rings is 1. The molecule has 0 aliphatic heterocycles. The maximum atomic E-state index is 10.8. The molecule has 0 bridgehead atoms. The van der Waals surface area contributed by atoms with Crippen molar-refractivity contribution in [1.29, 1.82) is 0 Å². The van der Waals surface area contributed by atoms with Crippen molar-refractivity contribution in [3.05, 3.63) is 28.7 Å². The molecule has 68 valence electrons. The number of aromatic amines is 1. The van der Waals surface area contributed by atoms with Crippen LogP contribution in [0.3, 0.4) is 0 Å². The summed E-state index contributed by atoms with van der Waals surface area (Å²) in [6, 6.07) is 5.42. The van der Waals surface area contributed by atoms with Gasteiger partial charge in [-0.05, 0) is 18.2 Å². The highest BCUT2D eigenvalue weighted by Crippen LogP contribution is 2.15. The fourth-order valence-electron chi connectivity index (χ4n) is 1.14. The van der Waals surface area contributed by atoms with E-state index in [1.165, 1.54) is 0 Å². The summed E-state index contributed by atoms with van der Waals surface area (Å²) in [5.74, 6) is -0.425. The number of hydrogen-bond donors (Lipinski definition) is 2. The highest BCUT2D eigenvalue weighted by molar-refractivity contribution is 9.09. The second-order valence-electron chi connectivity index (χ2n) is 2.54. The van der Waals surface area contributed by atoms with Gasteiger partial charge in [-0.2, -0.15) is 0 Å². The van der Waals surface area contributed by atoms with Crippen molar-refractivity contribution in [1.82, 2.24) is 4.98 Å². The summed E-state index contributed by atoms with van der Waals surface area (Å²) in [6.45, 7) is 0. The van der Waals surface area contributed by atoms with E-state index in [0.29, 0.717) is 16.6 Å². The molecule has 0 unspecified atom stereocenters. The summed E-state index contributed by atoms with van der Waals surface area (Å²) >= 11 is 3.25. The summed E-state index contributed by atoms with van der Waals surface area (Å²) in [4.78, 5) is 13.4. The molecule has 0 fully saturated rings. The second-order valence-corrected chi connectivity index (χ2v) is 3.10. The molecule has 1 heterocycles. The highest BCUT2D eigenvalue weighted by atomic mass is 79.9. The first kappa shape index (κ1) is 8.37. The van der Waals surface area contributed by atoms with Gasteiger partial charge in [-0.3, -0.25) is 4.98 Å². The fraction of sp³-hybridized carbons (Fsp3) is 0.125. The zero-order valence-electron chi connectivity index (χ0n) is 6.63. The Balaban J connectivity index is 2.54. The number of rotatable bonds is 2. The zero-order valence-corrected chi connectivity index (χ0v) is 8.22. The lowest BCUT2D eigenvalue weighted by atomic mass is 10.3. The zero-order chi connectivity index (χ0) is 9.26.